The SMILES string of the molecule is COc1ccccc1N(CC(=O)N(Cc1ccc(F)cc1)[C@@H](C)C(=O)NCC(C)C)S(C)(=O)=O. The summed E-state index contributed by atoms with van der Waals surface area (Å²) in [6.45, 7) is 5.36. The van der Waals surface area contributed by atoms with E-state index in [2.05, 4.69) is 5.32 Å². The Morgan fingerprint density at radius 2 is 1.68 bits per heavy atom. The molecule has 2 rings (SSSR count). The number of hydrogen-bond acceptors (Lipinski definition) is 5. The highest BCUT2D eigenvalue weighted by atomic mass is 32.2. The average molecular weight is 494 g/mol. The Morgan fingerprint density at radius 3 is 2.24 bits per heavy atom. The zero-order valence-electron chi connectivity index (χ0n) is 20.1. The first-order valence-corrected chi connectivity index (χ1v) is 12.7. The van der Waals surface area contributed by atoms with Gasteiger partial charge in [0.05, 0.1) is 19.1 Å². The van der Waals surface area contributed by atoms with Crippen LogP contribution in [0.15, 0.2) is 48.5 Å². The van der Waals surface area contributed by atoms with Gasteiger partial charge in [0.25, 0.3) is 0 Å². The van der Waals surface area contributed by atoms with E-state index in [0.717, 1.165) is 10.6 Å². The summed E-state index contributed by atoms with van der Waals surface area (Å²) >= 11 is 0. The van der Waals surface area contributed by atoms with Crippen molar-refractivity contribution in [3.8, 4) is 5.75 Å². The van der Waals surface area contributed by atoms with Crippen molar-refractivity contribution in [1.82, 2.24) is 10.2 Å². The molecular weight excluding hydrogens is 461 g/mol. The van der Waals surface area contributed by atoms with E-state index in [1.54, 1.807) is 25.1 Å². The monoisotopic (exact) mass is 493 g/mol. The minimum atomic E-state index is -3.87. The molecule has 0 heterocycles. The molecule has 186 valence electrons. The van der Waals surface area contributed by atoms with Crippen LogP contribution in [0, 0.1) is 11.7 Å². The van der Waals surface area contributed by atoms with Crippen molar-refractivity contribution >= 4 is 27.5 Å². The Labute approximate surface area is 200 Å². The number of para-hydroxylation sites is 2. The van der Waals surface area contributed by atoms with E-state index in [1.807, 2.05) is 13.8 Å². The third kappa shape index (κ3) is 7.44. The first-order chi connectivity index (χ1) is 15.9. The van der Waals surface area contributed by atoms with Gasteiger partial charge in [-0.05, 0) is 42.7 Å². The van der Waals surface area contributed by atoms with Crippen LogP contribution in [0.4, 0.5) is 10.1 Å². The normalized spacial score (nSPS) is 12.2. The Hall–Kier alpha value is -3.14. The Kier molecular flexibility index (Phi) is 9.43. The molecule has 0 radical (unpaired) electrons. The molecule has 0 unspecified atom stereocenters. The topological polar surface area (TPSA) is 96.0 Å². The van der Waals surface area contributed by atoms with Crippen molar-refractivity contribution in [3.63, 3.8) is 0 Å². The van der Waals surface area contributed by atoms with Gasteiger partial charge in [0.2, 0.25) is 21.8 Å². The smallest absolute Gasteiger partial charge is 0.244 e. The molecule has 2 aromatic carbocycles. The molecule has 0 bridgehead atoms. The molecule has 0 aliphatic rings. The van der Waals surface area contributed by atoms with Gasteiger partial charge in [-0.3, -0.25) is 13.9 Å². The number of sulfonamides is 1. The van der Waals surface area contributed by atoms with Gasteiger partial charge in [-0.15, -0.1) is 0 Å². The number of carbonyl (C=O) groups excluding carboxylic acids is 2. The molecule has 0 saturated carbocycles. The summed E-state index contributed by atoms with van der Waals surface area (Å²) in [6, 6.07) is 11.1. The number of methoxy groups -OCH3 is 1. The predicted molar refractivity (Wildman–Crippen MR) is 129 cm³/mol. The van der Waals surface area contributed by atoms with E-state index in [0.29, 0.717) is 12.1 Å². The number of anilines is 1. The molecule has 2 aromatic rings. The number of rotatable bonds is 11. The van der Waals surface area contributed by atoms with Gasteiger partial charge in [-0.2, -0.15) is 0 Å². The molecule has 1 N–H and O–H groups in total. The van der Waals surface area contributed by atoms with Crippen molar-refractivity contribution < 1.29 is 27.1 Å². The number of carbonyl (C=O) groups is 2. The molecule has 0 fully saturated rings. The second-order valence-electron chi connectivity index (χ2n) is 8.40. The number of ether oxygens (including phenoxy) is 1. The molecule has 0 aliphatic carbocycles. The van der Waals surface area contributed by atoms with E-state index in [4.69, 9.17) is 4.74 Å². The minimum Gasteiger partial charge on any atom is -0.495 e. The third-order valence-corrected chi connectivity index (χ3v) is 6.28. The number of nitrogens with zero attached hydrogens (tertiary/aromatic N) is 2. The Bertz CT molecular complexity index is 1090. The van der Waals surface area contributed by atoms with Crippen LogP contribution >= 0.6 is 0 Å². The van der Waals surface area contributed by atoms with Crippen LogP contribution in [0.5, 0.6) is 5.75 Å². The predicted octanol–water partition coefficient (Wildman–Crippen LogP) is 2.79. The summed E-state index contributed by atoms with van der Waals surface area (Å²) in [4.78, 5) is 27.5. The molecule has 0 aliphatic heterocycles. The van der Waals surface area contributed by atoms with Crippen molar-refractivity contribution in [2.45, 2.75) is 33.4 Å². The lowest BCUT2D eigenvalue weighted by Crippen LogP contribution is -2.51. The van der Waals surface area contributed by atoms with E-state index in [-0.39, 0.29) is 29.8 Å². The van der Waals surface area contributed by atoms with E-state index in [1.165, 1.54) is 42.3 Å². The van der Waals surface area contributed by atoms with Crippen molar-refractivity contribution in [3.05, 3.63) is 59.9 Å². The summed E-state index contributed by atoms with van der Waals surface area (Å²) in [7, 11) is -2.46. The van der Waals surface area contributed by atoms with Crippen LogP contribution in [-0.2, 0) is 26.2 Å². The molecule has 0 saturated heterocycles. The van der Waals surface area contributed by atoms with E-state index in [9.17, 15) is 22.4 Å². The molecule has 0 aromatic heterocycles. The summed E-state index contributed by atoms with van der Waals surface area (Å²) in [5, 5.41) is 2.80. The fourth-order valence-corrected chi connectivity index (χ4v) is 4.11. The largest absolute Gasteiger partial charge is 0.495 e. The van der Waals surface area contributed by atoms with Crippen LogP contribution in [-0.4, -0.2) is 57.6 Å². The summed E-state index contributed by atoms with van der Waals surface area (Å²) in [6.07, 6.45) is 0.996. The van der Waals surface area contributed by atoms with Crippen molar-refractivity contribution in [1.29, 1.82) is 0 Å². The average Bonchev–Trinajstić information content (AvgIpc) is 2.79. The number of halogens is 1. The number of hydrogen-bond donors (Lipinski definition) is 1. The minimum absolute atomic E-state index is 0.00109. The third-order valence-electron chi connectivity index (χ3n) is 5.15. The van der Waals surface area contributed by atoms with E-state index >= 15 is 0 Å². The highest BCUT2D eigenvalue weighted by Crippen LogP contribution is 2.29. The summed E-state index contributed by atoms with van der Waals surface area (Å²) < 4.78 is 44.8. The van der Waals surface area contributed by atoms with E-state index < -0.39 is 34.3 Å². The highest BCUT2D eigenvalue weighted by Gasteiger charge is 2.31. The Balaban J connectivity index is 2.39. The lowest BCUT2D eigenvalue weighted by Gasteiger charge is -2.32. The molecular formula is C24H32FN3O5S. The number of benzene rings is 2. The second-order valence-corrected chi connectivity index (χ2v) is 10.3. The summed E-state index contributed by atoms with van der Waals surface area (Å²) in [5.41, 5.74) is 0.806. The zero-order valence-corrected chi connectivity index (χ0v) is 20.9. The fraction of sp³-hybridized carbons (Fsp3) is 0.417. The van der Waals surface area contributed by atoms with Crippen LogP contribution in [0.3, 0.4) is 0 Å². The standard InChI is InChI=1S/C24H32FN3O5S/c1-17(2)14-26-24(30)18(3)27(15-19-10-12-20(25)13-11-19)23(29)16-28(34(5,31)32)21-8-6-7-9-22(21)33-4/h6-13,17-18H,14-16H2,1-5H3,(H,26,30)/t18-/m0/s1. The van der Waals surface area contributed by atoms with Gasteiger partial charge in [0, 0.05) is 13.1 Å². The molecule has 1 atom stereocenters. The lowest BCUT2D eigenvalue weighted by atomic mass is 10.1. The Morgan fingerprint density at radius 1 is 1.06 bits per heavy atom. The van der Waals surface area contributed by atoms with Crippen LogP contribution in [0.2, 0.25) is 0 Å². The van der Waals surface area contributed by atoms with Crippen molar-refractivity contribution in [2.24, 2.45) is 5.92 Å². The molecule has 8 nitrogen and oxygen atoms in total. The quantitative estimate of drug-likeness (QED) is 0.519. The maximum Gasteiger partial charge on any atom is 0.244 e. The maximum atomic E-state index is 13.5. The number of amides is 2. The molecule has 10 heteroatoms. The van der Waals surface area contributed by atoms with Gasteiger partial charge < -0.3 is 15.0 Å². The van der Waals surface area contributed by atoms with Gasteiger partial charge in [0.1, 0.15) is 24.2 Å². The first kappa shape index (κ1) is 27.1. The maximum absolute atomic E-state index is 13.5. The molecule has 0 spiro atoms. The summed E-state index contributed by atoms with van der Waals surface area (Å²) in [5.74, 6) is -0.888. The second kappa shape index (κ2) is 11.8. The highest BCUT2D eigenvalue weighted by molar-refractivity contribution is 7.92. The van der Waals surface area contributed by atoms with Gasteiger partial charge in [-0.25, -0.2) is 12.8 Å². The van der Waals surface area contributed by atoms with Crippen molar-refractivity contribution in [2.75, 3.05) is 30.8 Å². The fourth-order valence-electron chi connectivity index (χ4n) is 3.25. The van der Waals surface area contributed by atoms with Crippen LogP contribution in [0.25, 0.3) is 0 Å². The van der Waals surface area contributed by atoms with Gasteiger partial charge in [-0.1, -0.05) is 38.1 Å². The van der Waals surface area contributed by atoms with Gasteiger partial charge >= 0.3 is 0 Å². The lowest BCUT2D eigenvalue weighted by molar-refractivity contribution is -0.139. The van der Waals surface area contributed by atoms with Gasteiger partial charge in [0.15, 0.2) is 0 Å². The molecule has 2 amide bonds. The molecule has 34 heavy (non-hydrogen) atoms. The number of nitrogens with one attached hydrogen (secondary N) is 1. The zero-order chi connectivity index (χ0) is 25.5. The van der Waals surface area contributed by atoms with Crippen LogP contribution < -0.4 is 14.4 Å². The van der Waals surface area contributed by atoms with Crippen LogP contribution in [0.1, 0.15) is 26.3 Å². The first-order valence-electron chi connectivity index (χ1n) is 10.9.